The van der Waals surface area contributed by atoms with Crippen LogP contribution in [0.5, 0.6) is 5.75 Å². The molecular formula is C38H45F3O6. The maximum absolute atomic E-state index is 13.5. The van der Waals surface area contributed by atoms with Crippen molar-refractivity contribution in [1.82, 2.24) is 0 Å². The zero-order valence-electron chi connectivity index (χ0n) is 27.3. The quantitative estimate of drug-likeness (QED) is 0.0588. The highest BCUT2D eigenvalue weighted by Gasteiger charge is 2.43. The number of carbonyl (C=O) groups is 3. The normalized spacial score (nSPS) is 11.9. The van der Waals surface area contributed by atoms with Crippen molar-refractivity contribution in [3.63, 3.8) is 0 Å². The van der Waals surface area contributed by atoms with Gasteiger partial charge in [-0.2, -0.15) is 13.2 Å². The van der Waals surface area contributed by atoms with Crippen LogP contribution in [0.3, 0.4) is 0 Å². The van der Waals surface area contributed by atoms with Crippen LogP contribution in [0.1, 0.15) is 108 Å². The zero-order valence-corrected chi connectivity index (χ0v) is 27.3. The van der Waals surface area contributed by atoms with Crippen molar-refractivity contribution in [2.75, 3.05) is 0 Å². The number of carbonyl (C=O) groups excluding carboxylic acids is 3. The molecule has 1 atom stereocenters. The van der Waals surface area contributed by atoms with Crippen molar-refractivity contribution >= 4 is 18.1 Å². The first-order chi connectivity index (χ1) is 22.6. The predicted molar refractivity (Wildman–Crippen MR) is 176 cm³/mol. The third-order valence-electron chi connectivity index (χ3n) is 7.82. The number of ether oxygens (including phenoxy) is 3. The van der Waals surface area contributed by atoms with E-state index in [9.17, 15) is 27.6 Å². The standard InChI is InChI=1S/C38H45F3O6/c1-3-5-7-9-11-15-19-34(38(39,40)41)46-37(44)47-36(43)30-23-26-32(33(27-30)28-17-13-12-14-18-28)29-21-24-31(25-22-29)45-35(42)20-16-10-8-6-4-2/h12-14,17-18,21-27,34H,3-11,15-16,19-20H2,1-2H3. The second kappa shape index (κ2) is 19.5. The Balaban J connectivity index is 1.70. The second-order valence-electron chi connectivity index (χ2n) is 11.6. The van der Waals surface area contributed by atoms with Gasteiger partial charge in [0.2, 0.25) is 6.10 Å². The minimum atomic E-state index is -4.78. The van der Waals surface area contributed by atoms with Crippen molar-refractivity contribution < 1.29 is 41.8 Å². The van der Waals surface area contributed by atoms with E-state index in [0.29, 0.717) is 24.2 Å². The third kappa shape index (κ3) is 12.9. The number of halogens is 3. The highest BCUT2D eigenvalue weighted by molar-refractivity contribution is 5.98. The molecule has 9 heteroatoms. The molecule has 0 fully saturated rings. The van der Waals surface area contributed by atoms with Gasteiger partial charge in [-0.25, -0.2) is 9.59 Å². The first-order valence-electron chi connectivity index (χ1n) is 16.6. The van der Waals surface area contributed by atoms with Gasteiger partial charge in [-0.1, -0.05) is 120 Å². The Morgan fingerprint density at radius 2 is 1.28 bits per heavy atom. The maximum atomic E-state index is 13.5. The SMILES string of the molecule is CCCCCCCCC(OC(=O)OC(=O)c1ccc(-c2ccc(OC(=O)CCCCCCC)cc2)c(-c2ccccc2)c1)C(F)(F)F. The highest BCUT2D eigenvalue weighted by atomic mass is 19.4. The first kappa shape index (κ1) is 37.3. The number of hydrogen-bond donors (Lipinski definition) is 0. The van der Waals surface area contributed by atoms with Gasteiger partial charge in [0.25, 0.3) is 0 Å². The van der Waals surface area contributed by atoms with Crippen LogP contribution in [0.2, 0.25) is 0 Å². The summed E-state index contributed by atoms with van der Waals surface area (Å²) in [6, 6.07) is 20.8. The number of esters is 2. The van der Waals surface area contributed by atoms with Crippen LogP contribution in [-0.4, -0.2) is 30.4 Å². The molecule has 1 unspecified atom stereocenters. The van der Waals surface area contributed by atoms with Crippen molar-refractivity contribution in [1.29, 1.82) is 0 Å². The molecule has 0 aliphatic rings. The minimum Gasteiger partial charge on any atom is -0.427 e. The van der Waals surface area contributed by atoms with Crippen LogP contribution in [0.25, 0.3) is 22.3 Å². The van der Waals surface area contributed by atoms with Crippen LogP contribution >= 0.6 is 0 Å². The number of rotatable bonds is 18. The molecule has 6 nitrogen and oxygen atoms in total. The molecule has 0 aliphatic heterocycles. The van der Waals surface area contributed by atoms with Crippen LogP contribution in [0.15, 0.2) is 72.8 Å². The van der Waals surface area contributed by atoms with Gasteiger partial charge in [-0.3, -0.25) is 4.79 Å². The molecule has 0 amide bonds. The van der Waals surface area contributed by atoms with Crippen molar-refractivity contribution in [2.24, 2.45) is 0 Å². The van der Waals surface area contributed by atoms with Crippen LogP contribution in [-0.2, 0) is 14.3 Å². The molecule has 0 aromatic heterocycles. The molecule has 0 aliphatic carbocycles. The molecule has 254 valence electrons. The Kier molecular flexibility index (Phi) is 15.5. The van der Waals surface area contributed by atoms with Crippen LogP contribution in [0.4, 0.5) is 18.0 Å². The van der Waals surface area contributed by atoms with Crippen molar-refractivity contribution in [3.05, 3.63) is 78.4 Å². The lowest BCUT2D eigenvalue weighted by molar-refractivity contribution is -0.209. The lowest BCUT2D eigenvalue weighted by Crippen LogP contribution is -2.34. The molecule has 3 aromatic rings. The Morgan fingerprint density at radius 3 is 1.91 bits per heavy atom. The number of benzene rings is 3. The van der Waals surface area contributed by atoms with E-state index in [-0.39, 0.29) is 18.0 Å². The van der Waals surface area contributed by atoms with E-state index >= 15 is 0 Å². The van der Waals surface area contributed by atoms with Gasteiger partial charge in [0.1, 0.15) is 5.75 Å². The second-order valence-corrected chi connectivity index (χ2v) is 11.6. The maximum Gasteiger partial charge on any atom is 0.517 e. The molecule has 0 heterocycles. The van der Waals surface area contributed by atoms with Gasteiger partial charge in [0.15, 0.2) is 0 Å². The fourth-order valence-corrected chi connectivity index (χ4v) is 5.21. The van der Waals surface area contributed by atoms with E-state index in [1.165, 1.54) is 12.1 Å². The number of unbranched alkanes of at least 4 members (excludes halogenated alkanes) is 9. The summed E-state index contributed by atoms with van der Waals surface area (Å²) in [5.74, 6) is -0.998. The first-order valence-corrected chi connectivity index (χ1v) is 16.6. The van der Waals surface area contributed by atoms with Gasteiger partial charge in [0, 0.05) is 6.42 Å². The average Bonchev–Trinajstić information content (AvgIpc) is 3.05. The Hall–Kier alpha value is -4.14. The van der Waals surface area contributed by atoms with Gasteiger partial charge in [0.05, 0.1) is 5.56 Å². The monoisotopic (exact) mass is 654 g/mol. The smallest absolute Gasteiger partial charge is 0.427 e. The average molecular weight is 655 g/mol. The fourth-order valence-electron chi connectivity index (χ4n) is 5.21. The van der Waals surface area contributed by atoms with E-state index < -0.39 is 30.8 Å². The number of hydrogen-bond acceptors (Lipinski definition) is 6. The lowest BCUT2D eigenvalue weighted by Gasteiger charge is -2.20. The summed E-state index contributed by atoms with van der Waals surface area (Å²) in [6.45, 7) is 4.19. The molecule has 3 aromatic carbocycles. The Bertz CT molecular complexity index is 1400. The molecule has 0 spiro atoms. The van der Waals surface area contributed by atoms with Crippen LogP contribution in [0, 0.1) is 0 Å². The van der Waals surface area contributed by atoms with E-state index in [1.54, 1.807) is 30.3 Å². The van der Waals surface area contributed by atoms with E-state index in [2.05, 4.69) is 18.6 Å². The van der Waals surface area contributed by atoms with Gasteiger partial charge >= 0.3 is 24.3 Å². The molecule has 0 saturated carbocycles. The van der Waals surface area contributed by atoms with Crippen molar-refractivity contribution in [2.45, 2.75) is 110 Å². The summed E-state index contributed by atoms with van der Waals surface area (Å²) in [5.41, 5.74) is 2.86. The summed E-state index contributed by atoms with van der Waals surface area (Å²) >= 11 is 0. The molecule has 3 rings (SSSR count). The zero-order chi connectivity index (χ0) is 34.1. The summed E-state index contributed by atoms with van der Waals surface area (Å²) in [5, 5.41) is 0. The molecular weight excluding hydrogens is 609 g/mol. The van der Waals surface area contributed by atoms with Gasteiger partial charge < -0.3 is 14.2 Å². The highest BCUT2D eigenvalue weighted by Crippen LogP contribution is 2.34. The molecule has 0 N–H and O–H groups in total. The summed E-state index contributed by atoms with van der Waals surface area (Å²) in [6.07, 6.45) is 0.880. The molecule has 0 radical (unpaired) electrons. The van der Waals surface area contributed by atoms with E-state index in [0.717, 1.165) is 74.5 Å². The van der Waals surface area contributed by atoms with Gasteiger partial charge in [-0.15, -0.1) is 0 Å². The molecule has 0 saturated heterocycles. The summed E-state index contributed by atoms with van der Waals surface area (Å²) in [7, 11) is 0. The molecule has 0 bridgehead atoms. The summed E-state index contributed by atoms with van der Waals surface area (Å²) < 4.78 is 55.4. The lowest BCUT2D eigenvalue weighted by atomic mass is 9.93. The Morgan fingerprint density at radius 1 is 0.681 bits per heavy atom. The van der Waals surface area contributed by atoms with Gasteiger partial charge in [-0.05, 0) is 65.8 Å². The Labute approximate surface area is 275 Å². The third-order valence-corrected chi connectivity index (χ3v) is 7.82. The van der Waals surface area contributed by atoms with E-state index in [4.69, 9.17) is 9.47 Å². The number of alkyl halides is 3. The van der Waals surface area contributed by atoms with Crippen LogP contribution < -0.4 is 4.74 Å². The summed E-state index contributed by atoms with van der Waals surface area (Å²) in [4.78, 5) is 37.5. The fraction of sp³-hybridized carbons (Fsp3) is 0.447. The predicted octanol–water partition coefficient (Wildman–Crippen LogP) is 11.3. The topological polar surface area (TPSA) is 78.9 Å². The van der Waals surface area contributed by atoms with Crippen molar-refractivity contribution in [3.8, 4) is 28.0 Å². The molecule has 47 heavy (non-hydrogen) atoms. The van der Waals surface area contributed by atoms with E-state index in [1.807, 2.05) is 30.3 Å². The largest absolute Gasteiger partial charge is 0.517 e. The minimum absolute atomic E-state index is 0.0338.